The number of hydrogen-bond acceptors (Lipinski definition) is 3. The van der Waals surface area contributed by atoms with Gasteiger partial charge in [0, 0.05) is 17.8 Å². The molecule has 1 aromatic rings. The van der Waals surface area contributed by atoms with Gasteiger partial charge in [0.2, 0.25) is 5.91 Å². The summed E-state index contributed by atoms with van der Waals surface area (Å²) in [6.07, 6.45) is 3.12. The van der Waals surface area contributed by atoms with Gasteiger partial charge in [-0.05, 0) is 30.7 Å². The van der Waals surface area contributed by atoms with Gasteiger partial charge in [0.05, 0.1) is 5.54 Å². The second-order valence-corrected chi connectivity index (χ2v) is 5.35. The number of nitrogens with two attached hydrogens (primary N) is 1. The van der Waals surface area contributed by atoms with Gasteiger partial charge in [0.1, 0.15) is 0 Å². The van der Waals surface area contributed by atoms with Crippen LogP contribution in [0.3, 0.4) is 0 Å². The van der Waals surface area contributed by atoms with Crippen LogP contribution in [0.1, 0.15) is 38.0 Å². The van der Waals surface area contributed by atoms with Crippen LogP contribution in [0.5, 0.6) is 0 Å². The number of thiophene rings is 1. The lowest BCUT2D eigenvalue weighted by Crippen LogP contribution is -2.52. The Bertz CT molecular complexity index is 329. The number of amides is 1. The summed E-state index contributed by atoms with van der Waals surface area (Å²) in [5.41, 5.74) is 5.54. The average Bonchev–Trinajstić information content (AvgIpc) is 2.87. The molecule has 5 heteroatoms. The highest BCUT2D eigenvalue weighted by atomic mass is 35.5. The minimum Gasteiger partial charge on any atom is -0.349 e. The zero-order chi connectivity index (χ0) is 12.7. The fourth-order valence-electron chi connectivity index (χ4n) is 1.82. The number of hydrogen-bond donors (Lipinski definition) is 2. The van der Waals surface area contributed by atoms with Crippen molar-refractivity contribution in [3.8, 4) is 0 Å². The summed E-state index contributed by atoms with van der Waals surface area (Å²) in [6, 6.07) is 4.08. The van der Waals surface area contributed by atoms with Crippen LogP contribution in [0.25, 0.3) is 0 Å². The highest BCUT2D eigenvalue weighted by Gasteiger charge is 2.25. The Morgan fingerprint density at radius 2 is 2.11 bits per heavy atom. The van der Waals surface area contributed by atoms with E-state index in [0.29, 0.717) is 13.0 Å². The fourth-order valence-corrected chi connectivity index (χ4v) is 2.53. The molecule has 3 N–H and O–H groups in total. The number of carbonyl (C=O) groups excluding carboxylic acids is 1. The van der Waals surface area contributed by atoms with Crippen molar-refractivity contribution in [2.45, 2.75) is 45.1 Å². The van der Waals surface area contributed by atoms with E-state index in [-0.39, 0.29) is 23.9 Å². The zero-order valence-electron chi connectivity index (χ0n) is 11.1. The average molecular weight is 291 g/mol. The maximum absolute atomic E-state index is 11.9. The SMILES string of the molecule is CCC(CC)(CN)NC(=O)CCc1cccs1.Cl. The summed E-state index contributed by atoms with van der Waals surface area (Å²) in [5, 5.41) is 5.12. The van der Waals surface area contributed by atoms with E-state index in [2.05, 4.69) is 25.2 Å². The van der Waals surface area contributed by atoms with E-state index in [4.69, 9.17) is 5.73 Å². The van der Waals surface area contributed by atoms with Gasteiger partial charge in [-0.25, -0.2) is 0 Å². The quantitative estimate of drug-likeness (QED) is 0.811. The first-order valence-electron chi connectivity index (χ1n) is 6.19. The Morgan fingerprint density at radius 3 is 2.56 bits per heavy atom. The Balaban J connectivity index is 0.00000289. The number of carbonyl (C=O) groups is 1. The molecule has 0 aliphatic heterocycles. The summed E-state index contributed by atoms with van der Waals surface area (Å²) in [4.78, 5) is 13.1. The second-order valence-electron chi connectivity index (χ2n) is 4.32. The molecule has 0 fully saturated rings. The third-order valence-corrected chi connectivity index (χ3v) is 4.26. The molecule has 104 valence electrons. The molecule has 1 amide bonds. The van der Waals surface area contributed by atoms with Gasteiger partial charge in [-0.1, -0.05) is 19.9 Å². The molecule has 0 aliphatic carbocycles. The molecule has 0 aliphatic rings. The maximum Gasteiger partial charge on any atom is 0.220 e. The predicted octanol–water partition coefficient (Wildman–Crippen LogP) is 2.74. The number of nitrogens with one attached hydrogen (secondary N) is 1. The van der Waals surface area contributed by atoms with E-state index in [1.807, 2.05) is 11.4 Å². The summed E-state index contributed by atoms with van der Waals surface area (Å²) in [5.74, 6) is 0.104. The molecule has 1 rings (SSSR count). The molecular weight excluding hydrogens is 268 g/mol. The van der Waals surface area contributed by atoms with Crippen LogP contribution in [0.2, 0.25) is 0 Å². The molecule has 0 radical (unpaired) electrons. The Labute approximate surface area is 120 Å². The number of halogens is 1. The Kier molecular flexibility index (Phi) is 8.24. The van der Waals surface area contributed by atoms with Gasteiger partial charge in [0.15, 0.2) is 0 Å². The molecule has 3 nitrogen and oxygen atoms in total. The molecule has 1 aromatic heterocycles. The molecule has 0 saturated heterocycles. The molecule has 0 atom stereocenters. The lowest BCUT2D eigenvalue weighted by atomic mass is 9.92. The molecule has 1 heterocycles. The summed E-state index contributed by atoms with van der Waals surface area (Å²) < 4.78 is 0. The monoisotopic (exact) mass is 290 g/mol. The summed E-state index contributed by atoms with van der Waals surface area (Å²) in [6.45, 7) is 4.64. The Hall–Kier alpha value is -0.580. The first kappa shape index (κ1) is 17.4. The third-order valence-electron chi connectivity index (χ3n) is 3.33. The number of rotatable bonds is 7. The van der Waals surface area contributed by atoms with E-state index in [1.165, 1.54) is 4.88 Å². The summed E-state index contributed by atoms with van der Waals surface area (Å²) >= 11 is 1.70. The van der Waals surface area contributed by atoms with E-state index < -0.39 is 0 Å². The van der Waals surface area contributed by atoms with Crippen LogP contribution < -0.4 is 11.1 Å². The first-order chi connectivity index (χ1) is 8.15. The van der Waals surface area contributed by atoms with Gasteiger partial charge in [0.25, 0.3) is 0 Å². The van der Waals surface area contributed by atoms with Crippen LogP contribution in [0.4, 0.5) is 0 Å². The van der Waals surface area contributed by atoms with Crippen molar-refractivity contribution < 1.29 is 4.79 Å². The van der Waals surface area contributed by atoms with Crippen LogP contribution in [0.15, 0.2) is 17.5 Å². The minimum absolute atomic E-state index is 0. The molecule has 18 heavy (non-hydrogen) atoms. The lowest BCUT2D eigenvalue weighted by Gasteiger charge is -2.31. The van der Waals surface area contributed by atoms with Crippen molar-refractivity contribution in [3.05, 3.63) is 22.4 Å². The highest BCUT2D eigenvalue weighted by molar-refractivity contribution is 7.09. The van der Waals surface area contributed by atoms with Gasteiger partial charge in [-0.15, -0.1) is 23.7 Å². The second kappa shape index (κ2) is 8.51. The van der Waals surface area contributed by atoms with Crippen LogP contribution in [-0.2, 0) is 11.2 Å². The summed E-state index contributed by atoms with van der Waals surface area (Å²) in [7, 11) is 0. The first-order valence-corrected chi connectivity index (χ1v) is 7.07. The standard InChI is InChI=1S/C13H22N2OS.ClH/c1-3-13(4-2,10-14)15-12(16)8-7-11-6-5-9-17-11;/h5-6,9H,3-4,7-8,10,14H2,1-2H3,(H,15,16);1H. The van der Waals surface area contributed by atoms with Crippen LogP contribution >= 0.6 is 23.7 Å². The lowest BCUT2D eigenvalue weighted by molar-refractivity contribution is -0.123. The molecule has 0 aromatic carbocycles. The third kappa shape index (κ3) is 4.96. The molecule has 0 bridgehead atoms. The normalized spacial score (nSPS) is 10.8. The van der Waals surface area contributed by atoms with Gasteiger partial charge in [-0.3, -0.25) is 4.79 Å². The molecule has 0 saturated carbocycles. The van der Waals surface area contributed by atoms with E-state index in [1.54, 1.807) is 11.3 Å². The smallest absolute Gasteiger partial charge is 0.220 e. The van der Waals surface area contributed by atoms with Crippen LogP contribution in [0, 0.1) is 0 Å². The van der Waals surface area contributed by atoms with Crippen molar-refractivity contribution in [2.24, 2.45) is 5.73 Å². The van der Waals surface area contributed by atoms with Crippen molar-refractivity contribution in [2.75, 3.05) is 6.54 Å². The van der Waals surface area contributed by atoms with E-state index in [9.17, 15) is 4.79 Å². The van der Waals surface area contributed by atoms with E-state index in [0.717, 1.165) is 19.3 Å². The highest BCUT2D eigenvalue weighted by Crippen LogP contribution is 2.15. The fraction of sp³-hybridized carbons (Fsp3) is 0.615. The van der Waals surface area contributed by atoms with Crippen molar-refractivity contribution in [3.63, 3.8) is 0 Å². The largest absolute Gasteiger partial charge is 0.349 e. The van der Waals surface area contributed by atoms with Gasteiger partial charge >= 0.3 is 0 Å². The molecule has 0 unspecified atom stereocenters. The van der Waals surface area contributed by atoms with Gasteiger partial charge < -0.3 is 11.1 Å². The topological polar surface area (TPSA) is 55.1 Å². The molecular formula is C13H23ClN2OS. The zero-order valence-corrected chi connectivity index (χ0v) is 12.7. The Morgan fingerprint density at radius 1 is 1.44 bits per heavy atom. The predicted molar refractivity (Wildman–Crippen MR) is 80.4 cm³/mol. The van der Waals surface area contributed by atoms with E-state index >= 15 is 0 Å². The molecule has 0 spiro atoms. The number of aryl methyl sites for hydroxylation is 1. The van der Waals surface area contributed by atoms with Crippen molar-refractivity contribution in [1.82, 2.24) is 5.32 Å². The van der Waals surface area contributed by atoms with Crippen molar-refractivity contribution >= 4 is 29.7 Å². The van der Waals surface area contributed by atoms with Crippen molar-refractivity contribution in [1.29, 1.82) is 0 Å². The maximum atomic E-state index is 11.9. The van der Waals surface area contributed by atoms with Crippen LogP contribution in [-0.4, -0.2) is 18.0 Å². The van der Waals surface area contributed by atoms with Gasteiger partial charge in [-0.2, -0.15) is 0 Å². The minimum atomic E-state index is -0.216.